The molecule has 2 aliphatic rings. The summed E-state index contributed by atoms with van der Waals surface area (Å²) < 4.78 is 28.2. The molecule has 4 rings (SSSR count). The second-order valence-electron chi connectivity index (χ2n) is 9.11. The molecule has 192 valence electrons. The fourth-order valence-corrected chi connectivity index (χ4v) is 4.91. The molecule has 0 unspecified atom stereocenters. The van der Waals surface area contributed by atoms with Crippen molar-refractivity contribution in [2.45, 2.75) is 56.5 Å². The molecule has 0 aliphatic carbocycles. The minimum atomic E-state index is -1.35. The Morgan fingerprint density at radius 1 is 0.943 bits per heavy atom. The number of benzene rings is 2. The summed E-state index contributed by atoms with van der Waals surface area (Å²) in [4.78, 5) is 2.32. The second kappa shape index (κ2) is 10.6. The van der Waals surface area contributed by atoms with E-state index in [4.69, 9.17) is 23.7 Å². The number of aliphatic hydroxyl groups is 3. The van der Waals surface area contributed by atoms with Crippen LogP contribution < -0.4 is 18.9 Å². The highest BCUT2D eigenvalue weighted by molar-refractivity contribution is 5.60. The van der Waals surface area contributed by atoms with Gasteiger partial charge >= 0.3 is 0 Å². The Labute approximate surface area is 205 Å². The first kappa shape index (κ1) is 25.5. The first-order chi connectivity index (χ1) is 16.8. The summed E-state index contributed by atoms with van der Waals surface area (Å²) in [7, 11) is 7.00. The average Bonchev–Trinajstić information content (AvgIpc) is 2.87. The molecule has 0 aromatic heterocycles. The van der Waals surface area contributed by atoms with Crippen molar-refractivity contribution >= 4 is 0 Å². The van der Waals surface area contributed by atoms with E-state index in [0.717, 1.165) is 41.8 Å². The van der Waals surface area contributed by atoms with Gasteiger partial charge in [0.2, 0.25) is 12.0 Å². The standard InChI is InChI=1S/C26H35NO8/c1-14-21(28)22(29)23(30)26(34-14)35-16-8-6-15(7-9-16)12-19-18-13-20(31-3)25(33-5)24(32-4)17(18)10-11-27(19)2/h6-9,13-14,19,21-23,26,28-30H,10-12H2,1-5H3/t14-,19+,21-,22+,23+,26+/m0/s1. The molecule has 3 N–H and O–H groups in total. The van der Waals surface area contributed by atoms with E-state index in [0.29, 0.717) is 17.2 Å². The number of likely N-dealkylation sites (N-methyl/N-ethyl adjacent to an activating group) is 1. The highest BCUT2D eigenvalue weighted by Gasteiger charge is 2.43. The summed E-state index contributed by atoms with van der Waals surface area (Å²) in [5.41, 5.74) is 3.38. The van der Waals surface area contributed by atoms with Crippen LogP contribution in [0.5, 0.6) is 23.0 Å². The van der Waals surface area contributed by atoms with Gasteiger partial charge in [0.15, 0.2) is 11.5 Å². The molecule has 2 aromatic rings. The third kappa shape index (κ3) is 4.92. The van der Waals surface area contributed by atoms with Crippen LogP contribution in [-0.2, 0) is 17.6 Å². The molecule has 0 amide bonds. The van der Waals surface area contributed by atoms with Crippen molar-refractivity contribution in [1.82, 2.24) is 4.90 Å². The smallest absolute Gasteiger partial charge is 0.229 e. The molecule has 0 spiro atoms. The van der Waals surface area contributed by atoms with E-state index in [2.05, 4.69) is 11.9 Å². The lowest BCUT2D eigenvalue weighted by atomic mass is 9.88. The van der Waals surface area contributed by atoms with Crippen molar-refractivity contribution in [3.63, 3.8) is 0 Å². The number of hydrogen-bond donors (Lipinski definition) is 3. The molecule has 9 nitrogen and oxygen atoms in total. The monoisotopic (exact) mass is 489 g/mol. The SMILES string of the molecule is COc1cc2c(c(OC)c1OC)CCN(C)[C@@H]2Cc1ccc(O[C@H]2O[C@@H](C)[C@H](O)[C@@H](O)[C@H]2O)cc1. The number of rotatable bonds is 7. The molecule has 2 heterocycles. The molecule has 0 radical (unpaired) electrons. The number of nitrogens with zero attached hydrogens (tertiary/aromatic N) is 1. The van der Waals surface area contributed by atoms with Gasteiger partial charge in [-0.25, -0.2) is 0 Å². The molecule has 2 aliphatic heterocycles. The quantitative estimate of drug-likeness (QED) is 0.535. The van der Waals surface area contributed by atoms with Crippen LogP contribution in [0.15, 0.2) is 30.3 Å². The summed E-state index contributed by atoms with van der Waals surface area (Å²) >= 11 is 0. The fourth-order valence-electron chi connectivity index (χ4n) is 4.91. The van der Waals surface area contributed by atoms with Crippen molar-refractivity contribution in [2.75, 3.05) is 34.9 Å². The molecular formula is C26H35NO8. The number of fused-ring (bicyclic) bond motifs is 1. The second-order valence-corrected chi connectivity index (χ2v) is 9.11. The first-order valence-corrected chi connectivity index (χ1v) is 11.8. The van der Waals surface area contributed by atoms with Gasteiger partial charge in [-0.05, 0) is 56.1 Å². The lowest BCUT2D eigenvalue weighted by molar-refractivity contribution is -0.268. The zero-order valence-corrected chi connectivity index (χ0v) is 20.8. The first-order valence-electron chi connectivity index (χ1n) is 11.8. The van der Waals surface area contributed by atoms with Crippen molar-refractivity contribution in [3.8, 4) is 23.0 Å². The topological polar surface area (TPSA) is 110 Å². The van der Waals surface area contributed by atoms with Crippen molar-refractivity contribution in [2.24, 2.45) is 0 Å². The minimum Gasteiger partial charge on any atom is -0.493 e. The minimum absolute atomic E-state index is 0.111. The maximum atomic E-state index is 10.2. The van der Waals surface area contributed by atoms with Crippen LogP contribution in [-0.4, -0.2) is 85.8 Å². The average molecular weight is 490 g/mol. The largest absolute Gasteiger partial charge is 0.493 e. The number of ether oxygens (including phenoxy) is 5. The van der Waals surface area contributed by atoms with Crippen molar-refractivity contribution in [3.05, 3.63) is 47.0 Å². The van der Waals surface area contributed by atoms with Gasteiger partial charge in [0.1, 0.15) is 24.1 Å². The van der Waals surface area contributed by atoms with Gasteiger partial charge in [-0.1, -0.05) is 12.1 Å². The number of methoxy groups -OCH3 is 3. The van der Waals surface area contributed by atoms with E-state index in [1.165, 1.54) is 0 Å². The van der Waals surface area contributed by atoms with Gasteiger partial charge in [0, 0.05) is 18.2 Å². The molecule has 9 heteroatoms. The summed E-state index contributed by atoms with van der Waals surface area (Å²) in [6, 6.07) is 9.72. The van der Waals surface area contributed by atoms with Crippen LogP contribution >= 0.6 is 0 Å². The molecule has 2 aromatic carbocycles. The molecule has 0 saturated carbocycles. The van der Waals surface area contributed by atoms with E-state index in [1.54, 1.807) is 28.3 Å². The Morgan fingerprint density at radius 3 is 2.26 bits per heavy atom. The summed E-state index contributed by atoms with van der Waals surface area (Å²) in [5.74, 6) is 2.47. The van der Waals surface area contributed by atoms with Gasteiger partial charge in [-0.15, -0.1) is 0 Å². The predicted octanol–water partition coefficient (Wildman–Crippen LogP) is 1.69. The van der Waals surface area contributed by atoms with Crippen molar-refractivity contribution in [1.29, 1.82) is 0 Å². The summed E-state index contributed by atoms with van der Waals surface area (Å²) in [5, 5.41) is 30.1. The molecule has 35 heavy (non-hydrogen) atoms. The number of aliphatic hydroxyl groups excluding tert-OH is 3. The van der Waals surface area contributed by atoms with Crippen LogP contribution in [0.2, 0.25) is 0 Å². The third-order valence-corrected chi connectivity index (χ3v) is 6.99. The highest BCUT2D eigenvalue weighted by atomic mass is 16.7. The zero-order chi connectivity index (χ0) is 25.3. The van der Waals surface area contributed by atoms with Gasteiger partial charge in [0.05, 0.1) is 27.4 Å². The molecule has 0 bridgehead atoms. The summed E-state index contributed by atoms with van der Waals surface area (Å²) in [6.07, 6.45) is -3.98. The zero-order valence-electron chi connectivity index (χ0n) is 20.8. The van der Waals surface area contributed by atoms with Crippen LogP contribution in [0.3, 0.4) is 0 Å². The lowest BCUT2D eigenvalue weighted by Gasteiger charge is -2.38. The Kier molecular flexibility index (Phi) is 7.73. The van der Waals surface area contributed by atoms with E-state index >= 15 is 0 Å². The third-order valence-electron chi connectivity index (χ3n) is 6.99. The predicted molar refractivity (Wildman–Crippen MR) is 128 cm³/mol. The van der Waals surface area contributed by atoms with Gasteiger partial charge in [-0.2, -0.15) is 0 Å². The number of hydrogen-bond acceptors (Lipinski definition) is 9. The Hall–Kier alpha value is -2.56. The highest BCUT2D eigenvalue weighted by Crippen LogP contribution is 2.47. The van der Waals surface area contributed by atoms with Gasteiger partial charge in [-0.3, -0.25) is 4.90 Å². The molecule has 6 atom stereocenters. The van der Waals surface area contributed by atoms with Gasteiger partial charge in [0.25, 0.3) is 0 Å². The van der Waals surface area contributed by atoms with E-state index in [-0.39, 0.29) is 6.04 Å². The molecular weight excluding hydrogens is 454 g/mol. The van der Waals surface area contributed by atoms with Crippen LogP contribution in [0.25, 0.3) is 0 Å². The molecule has 1 saturated heterocycles. The Balaban J connectivity index is 1.53. The Bertz CT molecular complexity index is 1010. The maximum Gasteiger partial charge on any atom is 0.229 e. The summed E-state index contributed by atoms with van der Waals surface area (Å²) in [6.45, 7) is 2.51. The normalized spacial score (nSPS) is 28.8. The van der Waals surface area contributed by atoms with E-state index in [1.807, 2.05) is 30.3 Å². The van der Waals surface area contributed by atoms with Crippen molar-refractivity contribution < 1.29 is 39.0 Å². The molecule has 1 fully saturated rings. The van der Waals surface area contributed by atoms with Crippen LogP contribution in [0, 0.1) is 0 Å². The lowest BCUT2D eigenvalue weighted by Crippen LogP contribution is -2.58. The van der Waals surface area contributed by atoms with Crippen LogP contribution in [0.4, 0.5) is 0 Å². The van der Waals surface area contributed by atoms with E-state index < -0.39 is 30.7 Å². The van der Waals surface area contributed by atoms with E-state index in [9.17, 15) is 15.3 Å². The fraction of sp³-hybridized carbons (Fsp3) is 0.538. The maximum absolute atomic E-state index is 10.2. The van der Waals surface area contributed by atoms with Gasteiger partial charge < -0.3 is 39.0 Å². The Morgan fingerprint density at radius 2 is 1.63 bits per heavy atom. The van der Waals surface area contributed by atoms with Crippen LogP contribution in [0.1, 0.15) is 29.7 Å².